The predicted octanol–water partition coefficient (Wildman–Crippen LogP) is 4.07. The van der Waals surface area contributed by atoms with Crippen LogP contribution in [0, 0.1) is 0 Å². The van der Waals surface area contributed by atoms with Gasteiger partial charge >= 0.3 is 0 Å². The number of H-pyrrole nitrogens is 1. The molecule has 1 atom stereocenters. The molecule has 2 aliphatic rings. The van der Waals surface area contributed by atoms with Crippen molar-refractivity contribution < 1.29 is 9.53 Å². The number of methoxy groups -OCH3 is 1. The summed E-state index contributed by atoms with van der Waals surface area (Å²) in [4.78, 5) is 15.1. The number of nitrogens with zero attached hydrogens (tertiary/aromatic N) is 2. The third-order valence-electron chi connectivity index (χ3n) is 6.92. The van der Waals surface area contributed by atoms with Crippen LogP contribution >= 0.6 is 0 Å². The normalized spacial score (nSPS) is 17.6. The Morgan fingerprint density at radius 3 is 2.84 bits per heavy atom. The van der Waals surface area contributed by atoms with E-state index in [1.165, 1.54) is 23.1 Å². The lowest BCUT2D eigenvalue weighted by atomic mass is 9.87. The second-order valence-electron chi connectivity index (χ2n) is 8.66. The Balaban J connectivity index is 1.31. The number of ether oxygens (including phenoxy) is 1. The van der Waals surface area contributed by atoms with Crippen molar-refractivity contribution in [3.05, 3.63) is 59.2 Å². The second kappa shape index (κ2) is 8.79. The van der Waals surface area contributed by atoms with Crippen LogP contribution in [0.15, 0.2) is 42.5 Å². The van der Waals surface area contributed by atoms with E-state index in [1.807, 2.05) is 30.3 Å². The number of amides is 1. The molecule has 1 amide bonds. The van der Waals surface area contributed by atoms with Crippen molar-refractivity contribution in [2.75, 3.05) is 26.7 Å². The van der Waals surface area contributed by atoms with E-state index in [2.05, 4.69) is 39.5 Å². The van der Waals surface area contributed by atoms with E-state index in [0.717, 1.165) is 55.1 Å². The smallest absolute Gasteiger partial charge is 0.251 e. The molecule has 1 saturated heterocycles. The van der Waals surface area contributed by atoms with Gasteiger partial charge in [0.15, 0.2) is 0 Å². The first kappa shape index (κ1) is 20.8. The molecule has 2 heterocycles. The number of aryl methyl sites for hydroxylation is 1. The number of benzene rings is 2. The van der Waals surface area contributed by atoms with E-state index < -0.39 is 0 Å². The summed E-state index contributed by atoms with van der Waals surface area (Å²) in [5.74, 6) is 0.877. The fourth-order valence-electron chi connectivity index (χ4n) is 5.11. The number of aromatic amines is 1. The minimum Gasteiger partial charge on any atom is -0.497 e. The lowest BCUT2D eigenvalue weighted by molar-refractivity contribution is 0.0941. The Morgan fingerprint density at radius 2 is 2.06 bits per heavy atom. The first-order valence-corrected chi connectivity index (χ1v) is 11.5. The number of rotatable bonds is 6. The molecule has 1 unspecified atom stereocenters. The van der Waals surface area contributed by atoms with Crippen LogP contribution in [0.2, 0.25) is 0 Å². The van der Waals surface area contributed by atoms with Gasteiger partial charge in [0.2, 0.25) is 0 Å². The number of hydrogen-bond donors (Lipinski definition) is 2. The molecule has 0 radical (unpaired) electrons. The van der Waals surface area contributed by atoms with Gasteiger partial charge in [-0.25, -0.2) is 0 Å². The molecule has 0 spiro atoms. The highest BCUT2D eigenvalue weighted by atomic mass is 16.5. The van der Waals surface area contributed by atoms with Gasteiger partial charge in [-0.3, -0.25) is 14.8 Å². The van der Waals surface area contributed by atoms with Crippen molar-refractivity contribution in [1.82, 2.24) is 20.4 Å². The van der Waals surface area contributed by atoms with Crippen molar-refractivity contribution in [3.63, 3.8) is 0 Å². The maximum atomic E-state index is 12.7. The first-order chi connectivity index (χ1) is 15.7. The zero-order chi connectivity index (χ0) is 22.1. The fraction of sp³-hybridized carbons (Fsp3) is 0.385. The maximum Gasteiger partial charge on any atom is 0.251 e. The molecule has 1 aliphatic carbocycles. The molecule has 32 heavy (non-hydrogen) atoms. The van der Waals surface area contributed by atoms with Gasteiger partial charge in [0, 0.05) is 34.8 Å². The molecule has 3 aromatic rings. The second-order valence-corrected chi connectivity index (χ2v) is 8.66. The van der Waals surface area contributed by atoms with Crippen LogP contribution in [-0.2, 0) is 12.8 Å². The van der Waals surface area contributed by atoms with Gasteiger partial charge in [0.25, 0.3) is 5.91 Å². The van der Waals surface area contributed by atoms with E-state index in [0.29, 0.717) is 18.2 Å². The molecule has 1 fully saturated rings. The highest BCUT2D eigenvalue weighted by Crippen LogP contribution is 2.38. The van der Waals surface area contributed by atoms with Gasteiger partial charge < -0.3 is 10.1 Å². The Bertz CT molecular complexity index is 1120. The summed E-state index contributed by atoms with van der Waals surface area (Å²) in [6, 6.07) is 14.5. The van der Waals surface area contributed by atoms with Crippen LogP contribution in [0.25, 0.3) is 22.5 Å². The molecule has 2 N–H and O–H groups in total. The molecule has 5 rings (SSSR count). The summed E-state index contributed by atoms with van der Waals surface area (Å²) in [5, 5.41) is 11.0. The van der Waals surface area contributed by atoms with Crippen LogP contribution < -0.4 is 10.1 Å². The minimum absolute atomic E-state index is 0.00793. The molecule has 6 nitrogen and oxygen atoms in total. The van der Waals surface area contributed by atoms with Gasteiger partial charge in [-0.2, -0.15) is 5.10 Å². The third-order valence-corrected chi connectivity index (χ3v) is 6.92. The third kappa shape index (κ3) is 3.79. The summed E-state index contributed by atoms with van der Waals surface area (Å²) in [6.45, 7) is 5.08. The summed E-state index contributed by atoms with van der Waals surface area (Å²) < 4.78 is 5.37. The monoisotopic (exact) mass is 430 g/mol. The van der Waals surface area contributed by atoms with Gasteiger partial charge in [0.1, 0.15) is 5.75 Å². The number of hydrogen-bond acceptors (Lipinski definition) is 4. The van der Waals surface area contributed by atoms with E-state index in [1.54, 1.807) is 7.11 Å². The molecule has 2 aromatic carbocycles. The summed E-state index contributed by atoms with van der Waals surface area (Å²) in [6.07, 6.45) is 4.27. The number of nitrogens with one attached hydrogen (secondary N) is 2. The zero-order valence-electron chi connectivity index (χ0n) is 18.8. The van der Waals surface area contributed by atoms with Crippen molar-refractivity contribution in [2.45, 2.75) is 38.6 Å². The van der Waals surface area contributed by atoms with E-state index in [-0.39, 0.29) is 5.91 Å². The van der Waals surface area contributed by atoms with Crippen LogP contribution in [0.3, 0.4) is 0 Å². The quantitative estimate of drug-likeness (QED) is 0.619. The summed E-state index contributed by atoms with van der Waals surface area (Å²) >= 11 is 0. The molecule has 166 valence electrons. The number of likely N-dealkylation sites (tertiary alicyclic amines) is 1. The number of carbonyl (C=O) groups excluding carboxylic acids is 1. The number of carbonyl (C=O) groups is 1. The minimum atomic E-state index is -0.00793. The number of likely N-dealkylation sites (N-methyl/N-ethyl adjacent to an activating group) is 1. The van der Waals surface area contributed by atoms with Crippen LogP contribution in [0.5, 0.6) is 5.75 Å². The molecule has 0 bridgehead atoms. The molecule has 1 aliphatic heterocycles. The van der Waals surface area contributed by atoms with Crippen molar-refractivity contribution >= 4 is 5.91 Å². The van der Waals surface area contributed by atoms with Crippen molar-refractivity contribution in [3.8, 4) is 28.3 Å². The Hall–Kier alpha value is -3.12. The topological polar surface area (TPSA) is 70.2 Å². The van der Waals surface area contributed by atoms with E-state index >= 15 is 0 Å². The predicted molar refractivity (Wildman–Crippen MR) is 126 cm³/mol. The molecule has 6 heteroatoms. The lowest BCUT2D eigenvalue weighted by Crippen LogP contribution is -2.40. The molecular weight excluding hydrogens is 400 g/mol. The molecule has 1 aromatic heterocycles. The van der Waals surface area contributed by atoms with Crippen LogP contribution in [0.1, 0.15) is 41.3 Å². The Labute approximate surface area is 189 Å². The molecular formula is C26H30N4O2. The SMILES string of the molecule is CCN1CCCC1CNC(=O)c1ccc(-c2n[nH]c3c2CCc2cc(OC)ccc2-3)cc1. The van der Waals surface area contributed by atoms with Crippen LogP contribution in [-0.4, -0.2) is 53.8 Å². The van der Waals surface area contributed by atoms with Crippen LogP contribution in [0.4, 0.5) is 0 Å². The highest BCUT2D eigenvalue weighted by Gasteiger charge is 2.24. The summed E-state index contributed by atoms with van der Waals surface area (Å²) in [7, 11) is 1.70. The fourth-order valence-corrected chi connectivity index (χ4v) is 5.11. The van der Waals surface area contributed by atoms with Gasteiger partial charge in [-0.15, -0.1) is 0 Å². The van der Waals surface area contributed by atoms with E-state index in [9.17, 15) is 4.79 Å². The number of fused-ring (bicyclic) bond motifs is 3. The van der Waals surface area contributed by atoms with Gasteiger partial charge in [0.05, 0.1) is 18.5 Å². The highest BCUT2D eigenvalue weighted by molar-refractivity contribution is 5.94. The van der Waals surface area contributed by atoms with Gasteiger partial charge in [-0.1, -0.05) is 19.1 Å². The Kier molecular flexibility index (Phi) is 5.70. The van der Waals surface area contributed by atoms with E-state index in [4.69, 9.17) is 4.74 Å². The van der Waals surface area contributed by atoms with Crippen molar-refractivity contribution in [2.24, 2.45) is 0 Å². The van der Waals surface area contributed by atoms with Gasteiger partial charge in [-0.05, 0) is 74.7 Å². The molecule has 0 saturated carbocycles. The average Bonchev–Trinajstić information content (AvgIpc) is 3.49. The number of aromatic nitrogens is 2. The standard InChI is InChI=1S/C26H30N4O2/c1-3-30-14-4-5-20(30)16-27-26(31)18-8-6-17(7-9-18)24-23-12-10-19-15-21(32-2)11-13-22(19)25(23)29-28-24/h6-9,11,13,15,20H,3-5,10,12,14,16H2,1-2H3,(H,27,31)(H,28,29). The van der Waals surface area contributed by atoms with Crippen molar-refractivity contribution in [1.29, 1.82) is 0 Å². The largest absolute Gasteiger partial charge is 0.497 e. The first-order valence-electron chi connectivity index (χ1n) is 11.5. The zero-order valence-corrected chi connectivity index (χ0v) is 18.8. The average molecular weight is 431 g/mol. The summed E-state index contributed by atoms with van der Waals surface area (Å²) in [5.41, 5.74) is 7.49. The lowest BCUT2D eigenvalue weighted by Gasteiger charge is -2.22. The maximum absolute atomic E-state index is 12.7. The Morgan fingerprint density at radius 1 is 1.22 bits per heavy atom.